The molecule has 3 rings (SSSR count). The highest BCUT2D eigenvalue weighted by Gasteiger charge is 2.26. The fraction of sp³-hybridized carbons (Fsp3) is 0.200. The second-order valence-electron chi connectivity index (χ2n) is 4.76. The van der Waals surface area contributed by atoms with Gasteiger partial charge in [-0.15, -0.1) is 0 Å². The summed E-state index contributed by atoms with van der Waals surface area (Å²) < 4.78 is 0. The third-order valence-electron chi connectivity index (χ3n) is 3.84. The molecule has 0 bridgehead atoms. The molecule has 0 radical (unpaired) electrons. The molecule has 2 aromatic carbocycles. The van der Waals surface area contributed by atoms with Gasteiger partial charge in [-0.25, -0.2) is 0 Å². The molecule has 1 aliphatic carbocycles. The van der Waals surface area contributed by atoms with Gasteiger partial charge in [-0.3, -0.25) is 0 Å². The molecule has 1 aliphatic rings. The summed E-state index contributed by atoms with van der Waals surface area (Å²) in [5, 5.41) is 0. The highest BCUT2D eigenvalue weighted by molar-refractivity contribution is 5.96. The van der Waals surface area contributed by atoms with Gasteiger partial charge in [0.1, 0.15) is 0 Å². The fourth-order valence-electron chi connectivity index (χ4n) is 2.90. The molecule has 0 aliphatic heterocycles. The van der Waals surface area contributed by atoms with Crippen molar-refractivity contribution in [3.8, 4) is 11.1 Å². The first-order valence-corrected chi connectivity index (χ1v) is 6.21. The first-order chi connectivity index (χ1) is 8.65. The van der Waals surface area contributed by atoms with Crippen LogP contribution in [0.1, 0.15) is 23.6 Å². The van der Waals surface area contributed by atoms with Crippen LogP contribution in [-0.2, 0) is 12.8 Å². The molecule has 0 unspecified atom stereocenters. The van der Waals surface area contributed by atoms with E-state index in [1.165, 1.54) is 11.1 Å². The van der Waals surface area contributed by atoms with Crippen molar-refractivity contribution in [2.24, 2.45) is 0 Å². The number of nitrogen functional groups attached to an aromatic ring is 3. The predicted octanol–water partition coefficient (Wildman–Crippen LogP) is 2.57. The highest BCUT2D eigenvalue weighted by Crippen LogP contribution is 2.47. The first kappa shape index (κ1) is 11.0. The van der Waals surface area contributed by atoms with Crippen LogP contribution < -0.4 is 17.2 Å². The van der Waals surface area contributed by atoms with E-state index in [2.05, 4.69) is 19.1 Å². The smallest absolute Gasteiger partial charge is 0.0604 e. The Bertz CT molecular complexity index is 645. The Morgan fingerprint density at radius 3 is 2.44 bits per heavy atom. The third-order valence-corrected chi connectivity index (χ3v) is 3.84. The van der Waals surface area contributed by atoms with Crippen molar-refractivity contribution < 1.29 is 0 Å². The summed E-state index contributed by atoms with van der Waals surface area (Å²) in [5.41, 5.74) is 26.4. The molecule has 0 heterocycles. The molecule has 18 heavy (non-hydrogen) atoms. The lowest BCUT2D eigenvalue weighted by molar-refractivity contribution is 1.14. The Morgan fingerprint density at radius 2 is 1.72 bits per heavy atom. The van der Waals surface area contributed by atoms with E-state index in [0.717, 1.165) is 35.2 Å². The van der Waals surface area contributed by atoms with Gasteiger partial charge >= 0.3 is 0 Å². The summed E-state index contributed by atoms with van der Waals surface area (Å²) in [6, 6.07) is 8.30. The Morgan fingerprint density at radius 1 is 1.00 bits per heavy atom. The number of anilines is 3. The maximum absolute atomic E-state index is 6.29. The van der Waals surface area contributed by atoms with Crippen LogP contribution in [0, 0.1) is 0 Å². The van der Waals surface area contributed by atoms with Gasteiger partial charge in [0, 0.05) is 23.2 Å². The topological polar surface area (TPSA) is 78.1 Å². The van der Waals surface area contributed by atoms with E-state index in [9.17, 15) is 0 Å². The van der Waals surface area contributed by atoms with Crippen LogP contribution in [0.25, 0.3) is 11.1 Å². The minimum atomic E-state index is 0.654. The largest absolute Gasteiger partial charge is 0.398 e. The molecule has 0 amide bonds. The average molecular weight is 239 g/mol. The van der Waals surface area contributed by atoms with E-state index < -0.39 is 0 Å². The number of nitrogens with two attached hydrogens (primary N) is 3. The molecule has 3 nitrogen and oxygen atoms in total. The van der Waals surface area contributed by atoms with E-state index in [-0.39, 0.29) is 0 Å². The van der Waals surface area contributed by atoms with Gasteiger partial charge in [0.05, 0.1) is 11.4 Å². The number of fused-ring (bicyclic) bond motifs is 3. The summed E-state index contributed by atoms with van der Waals surface area (Å²) in [5.74, 6) is 0. The van der Waals surface area contributed by atoms with Crippen LogP contribution in [0.5, 0.6) is 0 Å². The molecule has 3 heteroatoms. The Labute approximate surface area is 107 Å². The Hall–Kier alpha value is -2.16. The van der Waals surface area contributed by atoms with E-state index in [1.807, 2.05) is 12.1 Å². The highest BCUT2D eigenvalue weighted by atomic mass is 14.7. The maximum Gasteiger partial charge on any atom is 0.0604 e. The van der Waals surface area contributed by atoms with Crippen LogP contribution in [0.3, 0.4) is 0 Å². The minimum absolute atomic E-state index is 0.654. The second kappa shape index (κ2) is 3.67. The van der Waals surface area contributed by atoms with E-state index >= 15 is 0 Å². The third kappa shape index (κ3) is 1.24. The molecule has 0 atom stereocenters. The normalized spacial score (nSPS) is 12.3. The van der Waals surface area contributed by atoms with Gasteiger partial charge < -0.3 is 17.2 Å². The fourth-order valence-corrected chi connectivity index (χ4v) is 2.90. The van der Waals surface area contributed by atoms with Gasteiger partial charge in [0.2, 0.25) is 0 Å². The summed E-state index contributed by atoms with van der Waals surface area (Å²) in [6.07, 6.45) is 1.63. The van der Waals surface area contributed by atoms with Gasteiger partial charge in [-0.2, -0.15) is 0 Å². The molecule has 0 spiro atoms. The van der Waals surface area contributed by atoms with Gasteiger partial charge in [-0.05, 0) is 23.1 Å². The summed E-state index contributed by atoms with van der Waals surface area (Å²) in [4.78, 5) is 0. The van der Waals surface area contributed by atoms with Crippen LogP contribution in [0.15, 0.2) is 24.3 Å². The lowest BCUT2D eigenvalue weighted by Crippen LogP contribution is -2.07. The minimum Gasteiger partial charge on any atom is -0.398 e. The van der Waals surface area contributed by atoms with E-state index in [4.69, 9.17) is 17.2 Å². The number of rotatable bonds is 1. The predicted molar refractivity (Wildman–Crippen MR) is 77.3 cm³/mol. The van der Waals surface area contributed by atoms with Crippen molar-refractivity contribution in [3.05, 3.63) is 41.0 Å². The quantitative estimate of drug-likeness (QED) is 0.571. The first-order valence-electron chi connectivity index (χ1n) is 6.21. The molecule has 0 saturated heterocycles. The zero-order valence-electron chi connectivity index (χ0n) is 10.5. The van der Waals surface area contributed by atoms with Gasteiger partial charge in [0.25, 0.3) is 0 Å². The Balaban J connectivity index is 2.39. The van der Waals surface area contributed by atoms with Crippen molar-refractivity contribution in [3.63, 3.8) is 0 Å². The van der Waals surface area contributed by atoms with Crippen LogP contribution >= 0.6 is 0 Å². The summed E-state index contributed by atoms with van der Waals surface area (Å²) in [7, 11) is 0. The molecule has 0 saturated carbocycles. The standard InChI is InChI=1S/C15H17N3/c1-2-9-13(16)12-10-6-4-3-5-8(10)7-11(12)15(18)14(9)17/h3-6H,2,7,16-18H2,1H3. The van der Waals surface area contributed by atoms with Crippen LogP contribution in [0.4, 0.5) is 17.1 Å². The lowest BCUT2D eigenvalue weighted by Gasteiger charge is -2.16. The van der Waals surface area contributed by atoms with Crippen molar-refractivity contribution in [2.45, 2.75) is 19.8 Å². The zero-order chi connectivity index (χ0) is 12.9. The monoisotopic (exact) mass is 239 g/mol. The van der Waals surface area contributed by atoms with Gasteiger partial charge in [0.15, 0.2) is 0 Å². The Kier molecular flexibility index (Phi) is 2.23. The molecule has 0 fully saturated rings. The number of benzene rings is 2. The van der Waals surface area contributed by atoms with Crippen LogP contribution in [0.2, 0.25) is 0 Å². The zero-order valence-corrected chi connectivity index (χ0v) is 10.5. The molecule has 92 valence electrons. The summed E-state index contributed by atoms with van der Waals surface area (Å²) in [6.45, 7) is 2.05. The molecular weight excluding hydrogens is 222 g/mol. The lowest BCUT2D eigenvalue weighted by atomic mass is 9.95. The summed E-state index contributed by atoms with van der Waals surface area (Å²) >= 11 is 0. The average Bonchev–Trinajstić information content (AvgIpc) is 2.76. The maximum atomic E-state index is 6.29. The van der Waals surface area contributed by atoms with E-state index in [0.29, 0.717) is 11.4 Å². The molecule has 2 aromatic rings. The van der Waals surface area contributed by atoms with Crippen molar-refractivity contribution in [1.82, 2.24) is 0 Å². The number of hydrogen-bond donors (Lipinski definition) is 3. The van der Waals surface area contributed by atoms with Crippen molar-refractivity contribution in [2.75, 3.05) is 17.2 Å². The van der Waals surface area contributed by atoms with Gasteiger partial charge in [-0.1, -0.05) is 31.2 Å². The second-order valence-corrected chi connectivity index (χ2v) is 4.76. The van der Waals surface area contributed by atoms with Crippen LogP contribution in [-0.4, -0.2) is 0 Å². The molecule has 0 aromatic heterocycles. The molecule has 6 N–H and O–H groups in total. The molecular formula is C15H17N3. The SMILES string of the molecule is CCc1c(N)c(N)c2c(c1N)-c1ccccc1C2. The number of hydrogen-bond acceptors (Lipinski definition) is 3. The van der Waals surface area contributed by atoms with Crippen molar-refractivity contribution in [1.29, 1.82) is 0 Å². The van der Waals surface area contributed by atoms with Crippen molar-refractivity contribution >= 4 is 17.1 Å². The van der Waals surface area contributed by atoms with E-state index in [1.54, 1.807) is 0 Å².